The van der Waals surface area contributed by atoms with Gasteiger partial charge in [0.15, 0.2) is 0 Å². The molecule has 0 fully saturated rings. The third-order valence-corrected chi connectivity index (χ3v) is 14.9. The number of hydrogen-bond donors (Lipinski definition) is 0. The summed E-state index contributed by atoms with van der Waals surface area (Å²) in [6.07, 6.45) is 0. The Hall–Kier alpha value is -9.24. The van der Waals surface area contributed by atoms with E-state index in [-0.39, 0.29) is 0 Å². The van der Waals surface area contributed by atoms with Gasteiger partial charge in [0, 0.05) is 38.7 Å². The van der Waals surface area contributed by atoms with Crippen molar-refractivity contribution in [1.29, 1.82) is 0 Å². The van der Waals surface area contributed by atoms with E-state index in [4.69, 9.17) is 4.42 Å². The molecule has 13 aromatic rings. The van der Waals surface area contributed by atoms with Crippen LogP contribution in [0.15, 0.2) is 277 Å². The molecule has 0 aliphatic heterocycles. The highest BCUT2D eigenvalue weighted by Crippen LogP contribution is 2.57. The topological polar surface area (TPSA) is 16.4 Å². The van der Waals surface area contributed by atoms with Crippen LogP contribution in [0.5, 0.6) is 0 Å². The molecule has 2 nitrogen and oxygen atoms in total. The molecular weight excluding hydrogens is 859 g/mol. The standard InChI is InChI=1S/C69H45NO/c1-3-23-51(24-4-1)69(52-25-5-2-6-26-52)64-34-13-11-29-58(64)59-43-41-54(45-65(59)69)70(53-39-36-46(37-40-53)49-21-15-22-50(44-49)56-31-16-20-47-18-7-9-27-55(47)56)66-35-14-12-30-60(66)61-32-17-33-62-63-42-38-48-19-8-10-28-57(48)67(63)71-68(61)62/h1-45H. The van der Waals surface area contributed by atoms with Crippen molar-refractivity contribution >= 4 is 60.5 Å². The summed E-state index contributed by atoms with van der Waals surface area (Å²) >= 11 is 0. The summed E-state index contributed by atoms with van der Waals surface area (Å²) in [5, 5.41) is 6.99. The van der Waals surface area contributed by atoms with Crippen molar-refractivity contribution < 1.29 is 4.42 Å². The summed E-state index contributed by atoms with van der Waals surface area (Å²) in [4.78, 5) is 2.45. The molecule has 0 unspecified atom stereocenters. The Morgan fingerprint density at radius 2 is 0.831 bits per heavy atom. The minimum absolute atomic E-state index is 0.558. The zero-order valence-electron chi connectivity index (χ0n) is 38.8. The summed E-state index contributed by atoms with van der Waals surface area (Å²) in [5.74, 6) is 0. The molecule has 12 aromatic carbocycles. The summed E-state index contributed by atoms with van der Waals surface area (Å²) < 4.78 is 7.03. The Morgan fingerprint density at radius 3 is 1.63 bits per heavy atom. The van der Waals surface area contributed by atoms with Gasteiger partial charge in [-0.2, -0.15) is 0 Å². The smallest absolute Gasteiger partial charge is 0.143 e. The number of anilines is 3. The molecule has 0 spiro atoms. The molecule has 14 rings (SSSR count). The van der Waals surface area contributed by atoms with E-state index in [1.54, 1.807) is 0 Å². The van der Waals surface area contributed by atoms with Gasteiger partial charge in [0.05, 0.1) is 11.1 Å². The molecule has 332 valence electrons. The van der Waals surface area contributed by atoms with Gasteiger partial charge in [0.25, 0.3) is 0 Å². The van der Waals surface area contributed by atoms with E-state index in [0.717, 1.165) is 66.5 Å². The lowest BCUT2D eigenvalue weighted by molar-refractivity contribution is 0.674. The normalized spacial score (nSPS) is 12.6. The van der Waals surface area contributed by atoms with Gasteiger partial charge in [-0.1, -0.05) is 231 Å². The molecule has 1 aliphatic carbocycles. The second-order valence-corrected chi connectivity index (χ2v) is 18.7. The molecule has 71 heavy (non-hydrogen) atoms. The average molecular weight is 904 g/mol. The van der Waals surface area contributed by atoms with E-state index in [1.165, 1.54) is 60.8 Å². The molecule has 0 saturated carbocycles. The zero-order chi connectivity index (χ0) is 46.9. The van der Waals surface area contributed by atoms with E-state index < -0.39 is 5.41 Å². The third-order valence-electron chi connectivity index (χ3n) is 14.9. The number of benzene rings is 12. The predicted octanol–water partition coefficient (Wildman–Crippen LogP) is 18.7. The van der Waals surface area contributed by atoms with Crippen LogP contribution in [0.4, 0.5) is 17.1 Å². The summed E-state index contributed by atoms with van der Waals surface area (Å²) in [7, 11) is 0. The first-order valence-electron chi connectivity index (χ1n) is 24.5. The maximum absolute atomic E-state index is 7.03. The molecular formula is C69H45NO. The van der Waals surface area contributed by atoms with Crippen molar-refractivity contribution in [1.82, 2.24) is 0 Å². The number of fused-ring (bicyclic) bond motifs is 9. The first-order valence-corrected chi connectivity index (χ1v) is 24.5. The van der Waals surface area contributed by atoms with Gasteiger partial charge in [-0.15, -0.1) is 0 Å². The summed E-state index contributed by atoms with van der Waals surface area (Å²) in [6.45, 7) is 0. The zero-order valence-corrected chi connectivity index (χ0v) is 38.8. The quantitative estimate of drug-likeness (QED) is 0.151. The maximum Gasteiger partial charge on any atom is 0.143 e. The lowest BCUT2D eigenvalue weighted by Crippen LogP contribution is -2.28. The lowest BCUT2D eigenvalue weighted by atomic mass is 9.67. The van der Waals surface area contributed by atoms with E-state index in [1.807, 2.05) is 0 Å². The first kappa shape index (κ1) is 40.8. The van der Waals surface area contributed by atoms with Gasteiger partial charge in [0.2, 0.25) is 0 Å². The monoisotopic (exact) mass is 903 g/mol. The van der Waals surface area contributed by atoms with Crippen molar-refractivity contribution in [2.45, 2.75) is 5.41 Å². The van der Waals surface area contributed by atoms with Crippen molar-refractivity contribution in [2.24, 2.45) is 0 Å². The summed E-state index contributed by atoms with van der Waals surface area (Å²) in [5.41, 5.74) is 18.8. The van der Waals surface area contributed by atoms with Crippen molar-refractivity contribution in [3.8, 4) is 44.5 Å². The predicted molar refractivity (Wildman–Crippen MR) is 297 cm³/mol. The fraction of sp³-hybridized carbons (Fsp3) is 0.0145. The Bertz CT molecular complexity index is 4120. The molecule has 0 N–H and O–H groups in total. The molecule has 0 radical (unpaired) electrons. The van der Waals surface area contributed by atoms with Crippen LogP contribution in [0.3, 0.4) is 0 Å². The molecule has 0 saturated heterocycles. The number of hydrogen-bond acceptors (Lipinski definition) is 2. The minimum Gasteiger partial charge on any atom is -0.455 e. The van der Waals surface area contributed by atoms with Crippen LogP contribution in [0, 0.1) is 0 Å². The molecule has 1 aliphatic rings. The van der Waals surface area contributed by atoms with Crippen molar-refractivity contribution in [3.05, 3.63) is 295 Å². The first-order chi connectivity index (χ1) is 35.2. The van der Waals surface area contributed by atoms with Gasteiger partial charge in [0.1, 0.15) is 11.2 Å². The van der Waals surface area contributed by atoms with Crippen LogP contribution in [-0.2, 0) is 5.41 Å². The van der Waals surface area contributed by atoms with E-state index in [0.29, 0.717) is 0 Å². The largest absolute Gasteiger partial charge is 0.455 e. The Kier molecular flexibility index (Phi) is 9.47. The highest BCUT2D eigenvalue weighted by Gasteiger charge is 2.46. The number of para-hydroxylation sites is 2. The lowest BCUT2D eigenvalue weighted by Gasteiger charge is -2.35. The number of nitrogens with zero attached hydrogens (tertiary/aromatic N) is 1. The molecule has 0 atom stereocenters. The Balaban J connectivity index is 0.981. The number of rotatable bonds is 8. The van der Waals surface area contributed by atoms with Gasteiger partial charge < -0.3 is 9.32 Å². The average Bonchev–Trinajstić information content (AvgIpc) is 3.98. The van der Waals surface area contributed by atoms with Crippen molar-refractivity contribution in [3.63, 3.8) is 0 Å². The Labute approximate surface area is 413 Å². The van der Waals surface area contributed by atoms with Crippen LogP contribution >= 0.6 is 0 Å². The highest BCUT2D eigenvalue weighted by molar-refractivity contribution is 6.17. The van der Waals surface area contributed by atoms with Gasteiger partial charge in [-0.25, -0.2) is 0 Å². The second-order valence-electron chi connectivity index (χ2n) is 18.7. The van der Waals surface area contributed by atoms with Crippen LogP contribution in [0.25, 0.3) is 88.0 Å². The number of furan rings is 1. The fourth-order valence-electron chi connectivity index (χ4n) is 11.8. The maximum atomic E-state index is 7.03. The molecule has 2 heteroatoms. The van der Waals surface area contributed by atoms with Crippen LogP contribution in [0.2, 0.25) is 0 Å². The van der Waals surface area contributed by atoms with Crippen LogP contribution in [0.1, 0.15) is 22.3 Å². The molecule has 1 aromatic heterocycles. The van der Waals surface area contributed by atoms with Crippen molar-refractivity contribution in [2.75, 3.05) is 4.90 Å². The van der Waals surface area contributed by atoms with Gasteiger partial charge in [-0.05, 0) is 114 Å². The summed E-state index contributed by atoms with van der Waals surface area (Å²) in [6, 6.07) is 99.8. The third kappa shape index (κ3) is 6.42. The Morgan fingerprint density at radius 1 is 0.282 bits per heavy atom. The minimum atomic E-state index is -0.558. The van der Waals surface area contributed by atoms with Gasteiger partial charge in [-0.3, -0.25) is 0 Å². The van der Waals surface area contributed by atoms with E-state index >= 15 is 0 Å². The molecule has 0 bridgehead atoms. The fourth-order valence-corrected chi connectivity index (χ4v) is 11.8. The van der Waals surface area contributed by atoms with E-state index in [9.17, 15) is 0 Å². The van der Waals surface area contributed by atoms with E-state index in [2.05, 4.69) is 278 Å². The van der Waals surface area contributed by atoms with Crippen LogP contribution in [-0.4, -0.2) is 0 Å². The van der Waals surface area contributed by atoms with Gasteiger partial charge >= 0.3 is 0 Å². The second kappa shape index (κ2) is 16.5. The van der Waals surface area contributed by atoms with Crippen LogP contribution < -0.4 is 4.90 Å². The molecule has 0 amide bonds. The SMILES string of the molecule is c1ccc(C2(c3ccccc3)c3ccccc3-c3ccc(N(c4ccc(-c5cccc(-c6cccc7ccccc67)c5)cc4)c4ccccc4-c4cccc5c4oc4c6ccccc6ccc54)cc32)cc1. The highest BCUT2D eigenvalue weighted by atomic mass is 16.3. The molecule has 1 heterocycles.